The van der Waals surface area contributed by atoms with Gasteiger partial charge < -0.3 is 4.98 Å². The van der Waals surface area contributed by atoms with E-state index < -0.39 is 0 Å². The summed E-state index contributed by atoms with van der Waals surface area (Å²) >= 11 is 7.61. The van der Waals surface area contributed by atoms with E-state index in [-0.39, 0.29) is 5.78 Å². The van der Waals surface area contributed by atoms with Crippen LogP contribution in [0.1, 0.15) is 20.1 Å². The molecule has 0 aliphatic rings. The number of H-pyrrole nitrogens is 1. The third-order valence-electron chi connectivity index (χ3n) is 2.73. The second-order valence-electron chi connectivity index (χ2n) is 3.96. The normalized spacial score (nSPS) is 11.0. The Morgan fingerprint density at radius 1 is 1.39 bits per heavy atom. The monoisotopic (exact) mass is 276 g/mol. The number of aromatic amines is 1. The van der Waals surface area contributed by atoms with Crippen molar-refractivity contribution in [1.82, 2.24) is 9.97 Å². The Hall–Kier alpha value is -1.65. The van der Waals surface area contributed by atoms with Crippen LogP contribution in [0.2, 0.25) is 5.02 Å². The molecule has 0 radical (unpaired) electrons. The standard InChI is InChI=1S/C13H9ClN2OS/c1-7-2-3-10(18-7)12(17)8-6-16-13-11(8)9(14)4-5-15-13/h2-6H,1H3,(H,15,16). The highest BCUT2D eigenvalue weighted by Gasteiger charge is 2.17. The molecule has 0 bridgehead atoms. The summed E-state index contributed by atoms with van der Waals surface area (Å²) < 4.78 is 0. The van der Waals surface area contributed by atoms with Crippen LogP contribution in [0.5, 0.6) is 0 Å². The Morgan fingerprint density at radius 3 is 2.94 bits per heavy atom. The Bertz CT molecular complexity index is 744. The lowest BCUT2D eigenvalue weighted by molar-refractivity contribution is 0.104. The lowest BCUT2D eigenvalue weighted by Crippen LogP contribution is -1.97. The van der Waals surface area contributed by atoms with E-state index in [0.29, 0.717) is 26.5 Å². The van der Waals surface area contributed by atoms with Crippen molar-refractivity contribution in [1.29, 1.82) is 0 Å². The number of carbonyl (C=O) groups excluding carboxylic acids is 1. The summed E-state index contributed by atoms with van der Waals surface area (Å²) in [6.07, 6.45) is 3.28. The van der Waals surface area contributed by atoms with Crippen LogP contribution in [-0.4, -0.2) is 15.8 Å². The summed E-state index contributed by atoms with van der Waals surface area (Å²) in [5, 5.41) is 1.23. The lowest BCUT2D eigenvalue weighted by Gasteiger charge is -1.97. The SMILES string of the molecule is Cc1ccc(C(=O)c2c[nH]c3nccc(Cl)c23)s1. The van der Waals surface area contributed by atoms with Crippen LogP contribution >= 0.6 is 22.9 Å². The molecule has 0 spiro atoms. The topological polar surface area (TPSA) is 45.8 Å². The first kappa shape index (κ1) is 11.4. The molecule has 3 aromatic heterocycles. The molecule has 0 amide bonds. The van der Waals surface area contributed by atoms with Gasteiger partial charge in [-0.2, -0.15) is 0 Å². The minimum absolute atomic E-state index is 0.0192. The van der Waals surface area contributed by atoms with Crippen molar-refractivity contribution in [3.05, 3.63) is 50.9 Å². The molecule has 0 unspecified atom stereocenters. The Balaban J connectivity index is 2.18. The summed E-state index contributed by atoms with van der Waals surface area (Å²) in [4.78, 5) is 21.4. The molecule has 0 fully saturated rings. The van der Waals surface area contributed by atoms with Crippen LogP contribution in [-0.2, 0) is 0 Å². The average Bonchev–Trinajstić information content (AvgIpc) is 2.95. The second kappa shape index (κ2) is 4.23. The minimum Gasteiger partial charge on any atom is -0.345 e. The highest BCUT2D eigenvalue weighted by molar-refractivity contribution is 7.14. The van der Waals surface area contributed by atoms with Crippen LogP contribution < -0.4 is 0 Å². The molecule has 0 aliphatic heterocycles. The van der Waals surface area contributed by atoms with E-state index in [1.807, 2.05) is 19.1 Å². The van der Waals surface area contributed by atoms with Crippen LogP contribution in [0, 0.1) is 6.92 Å². The maximum Gasteiger partial charge on any atom is 0.205 e. The van der Waals surface area contributed by atoms with Crippen LogP contribution in [0.15, 0.2) is 30.6 Å². The van der Waals surface area contributed by atoms with Gasteiger partial charge in [-0.3, -0.25) is 4.79 Å². The first-order valence-corrected chi connectivity index (χ1v) is 6.59. The maximum atomic E-state index is 12.4. The number of thiophene rings is 1. The van der Waals surface area contributed by atoms with E-state index in [0.717, 1.165) is 4.88 Å². The summed E-state index contributed by atoms with van der Waals surface area (Å²) in [7, 11) is 0. The van der Waals surface area contributed by atoms with Crippen LogP contribution in [0.4, 0.5) is 0 Å². The summed E-state index contributed by atoms with van der Waals surface area (Å²) in [5.74, 6) is -0.0192. The first-order chi connectivity index (χ1) is 8.66. The molecule has 1 N–H and O–H groups in total. The van der Waals surface area contributed by atoms with Crippen molar-refractivity contribution in [2.75, 3.05) is 0 Å². The van der Waals surface area contributed by atoms with Gasteiger partial charge in [-0.05, 0) is 25.1 Å². The van der Waals surface area contributed by atoms with E-state index in [9.17, 15) is 4.79 Å². The van der Waals surface area contributed by atoms with Gasteiger partial charge in [0.25, 0.3) is 0 Å². The molecule has 90 valence electrons. The number of nitrogens with zero attached hydrogens (tertiary/aromatic N) is 1. The van der Waals surface area contributed by atoms with Crippen LogP contribution in [0.3, 0.4) is 0 Å². The van der Waals surface area contributed by atoms with Crippen molar-refractivity contribution in [2.45, 2.75) is 6.92 Å². The van der Waals surface area contributed by atoms with Crippen molar-refractivity contribution in [3.63, 3.8) is 0 Å². The van der Waals surface area contributed by atoms with E-state index in [1.165, 1.54) is 11.3 Å². The number of ketones is 1. The third-order valence-corrected chi connectivity index (χ3v) is 4.05. The average molecular weight is 277 g/mol. The van der Waals surface area contributed by atoms with Gasteiger partial charge in [-0.1, -0.05) is 11.6 Å². The summed E-state index contributed by atoms with van der Waals surface area (Å²) in [6, 6.07) is 5.46. The highest BCUT2D eigenvalue weighted by Crippen LogP contribution is 2.28. The van der Waals surface area contributed by atoms with Gasteiger partial charge >= 0.3 is 0 Å². The zero-order valence-corrected chi connectivity index (χ0v) is 11.1. The molecule has 0 saturated carbocycles. The second-order valence-corrected chi connectivity index (χ2v) is 5.65. The number of aryl methyl sites for hydroxylation is 1. The molecule has 0 aromatic carbocycles. The predicted molar refractivity (Wildman–Crippen MR) is 73.6 cm³/mol. The van der Waals surface area contributed by atoms with E-state index in [4.69, 9.17) is 11.6 Å². The maximum absolute atomic E-state index is 12.4. The lowest BCUT2D eigenvalue weighted by atomic mass is 10.1. The van der Waals surface area contributed by atoms with E-state index >= 15 is 0 Å². The van der Waals surface area contributed by atoms with Crippen LogP contribution in [0.25, 0.3) is 11.0 Å². The third kappa shape index (κ3) is 1.74. The number of nitrogens with one attached hydrogen (secondary N) is 1. The van der Waals surface area contributed by atoms with E-state index in [1.54, 1.807) is 18.5 Å². The van der Waals surface area contributed by atoms with E-state index in [2.05, 4.69) is 9.97 Å². The number of rotatable bonds is 2. The number of pyridine rings is 1. The van der Waals surface area contributed by atoms with Gasteiger partial charge in [0, 0.05) is 22.7 Å². The number of hydrogen-bond acceptors (Lipinski definition) is 3. The van der Waals surface area contributed by atoms with Gasteiger partial charge in [0.1, 0.15) is 5.65 Å². The number of carbonyl (C=O) groups is 1. The zero-order valence-electron chi connectivity index (χ0n) is 9.53. The molecule has 0 atom stereocenters. The first-order valence-electron chi connectivity index (χ1n) is 5.39. The molecule has 3 rings (SSSR count). The number of halogens is 1. The molecular weight excluding hydrogens is 268 g/mol. The number of hydrogen-bond donors (Lipinski definition) is 1. The van der Waals surface area contributed by atoms with Crippen molar-refractivity contribution in [2.24, 2.45) is 0 Å². The van der Waals surface area contributed by atoms with Gasteiger partial charge in [0.15, 0.2) is 0 Å². The minimum atomic E-state index is -0.0192. The summed E-state index contributed by atoms with van der Waals surface area (Å²) in [5.41, 5.74) is 1.21. The fraction of sp³-hybridized carbons (Fsp3) is 0.0769. The zero-order chi connectivity index (χ0) is 12.7. The number of fused-ring (bicyclic) bond motifs is 1. The summed E-state index contributed by atoms with van der Waals surface area (Å²) in [6.45, 7) is 1.98. The molecule has 0 saturated heterocycles. The Morgan fingerprint density at radius 2 is 2.22 bits per heavy atom. The fourth-order valence-electron chi connectivity index (χ4n) is 1.88. The van der Waals surface area contributed by atoms with Gasteiger partial charge in [0.05, 0.1) is 15.5 Å². The Labute approximate surface area is 112 Å². The highest BCUT2D eigenvalue weighted by atomic mass is 35.5. The van der Waals surface area contributed by atoms with Gasteiger partial charge in [-0.25, -0.2) is 4.98 Å². The van der Waals surface area contributed by atoms with Crippen molar-refractivity contribution >= 4 is 39.8 Å². The van der Waals surface area contributed by atoms with Gasteiger partial charge in [-0.15, -0.1) is 11.3 Å². The number of aromatic nitrogens is 2. The fourth-order valence-corrected chi connectivity index (χ4v) is 2.95. The molecule has 3 nitrogen and oxygen atoms in total. The predicted octanol–water partition coefficient (Wildman–Crippen LogP) is 3.82. The Kier molecular flexibility index (Phi) is 2.69. The van der Waals surface area contributed by atoms with Crippen molar-refractivity contribution in [3.8, 4) is 0 Å². The largest absolute Gasteiger partial charge is 0.345 e. The van der Waals surface area contributed by atoms with Crippen molar-refractivity contribution < 1.29 is 4.79 Å². The smallest absolute Gasteiger partial charge is 0.205 e. The molecule has 18 heavy (non-hydrogen) atoms. The molecular formula is C13H9ClN2OS. The molecule has 5 heteroatoms. The molecule has 3 heterocycles. The van der Waals surface area contributed by atoms with Gasteiger partial charge in [0.2, 0.25) is 5.78 Å². The molecule has 0 aliphatic carbocycles. The molecule has 3 aromatic rings. The quantitative estimate of drug-likeness (QED) is 0.723.